The molecule has 0 aliphatic carbocycles. The number of carbonyl (C=O) groups is 1. The molecule has 0 N–H and O–H groups in total. The molecule has 1 aliphatic rings. The molecule has 1 fully saturated rings. The van der Waals surface area contributed by atoms with Gasteiger partial charge in [-0.2, -0.15) is 0 Å². The highest BCUT2D eigenvalue weighted by Crippen LogP contribution is 2.24. The first-order chi connectivity index (χ1) is 13.1. The molecule has 2 atom stereocenters. The van der Waals surface area contributed by atoms with E-state index in [9.17, 15) is 4.79 Å². The van der Waals surface area contributed by atoms with E-state index in [1.54, 1.807) is 11.8 Å². The fraction of sp³-hybridized carbons (Fsp3) is 0.333. The van der Waals surface area contributed by atoms with Gasteiger partial charge >= 0.3 is 0 Å². The van der Waals surface area contributed by atoms with E-state index in [-0.39, 0.29) is 18.1 Å². The number of hydrogen-bond donors (Lipinski definition) is 0. The van der Waals surface area contributed by atoms with Crippen LogP contribution in [-0.2, 0) is 10.5 Å². The number of carbonyl (C=O) groups excluding carboxylic acids is 1. The lowest BCUT2D eigenvalue weighted by molar-refractivity contribution is -0.0586. The van der Waals surface area contributed by atoms with E-state index in [4.69, 9.17) is 4.74 Å². The molecule has 0 saturated carbocycles. The van der Waals surface area contributed by atoms with E-state index < -0.39 is 0 Å². The van der Waals surface area contributed by atoms with Gasteiger partial charge in [0.15, 0.2) is 0 Å². The predicted octanol–water partition coefficient (Wildman–Crippen LogP) is 3.88. The van der Waals surface area contributed by atoms with Crippen LogP contribution in [0.1, 0.15) is 29.9 Å². The molecular weight excluding hydrogens is 358 g/mol. The molecule has 3 heterocycles. The van der Waals surface area contributed by atoms with E-state index in [0.29, 0.717) is 13.1 Å². The summed E-state index contributed by atoms with van der Waals surface area (Å²) in [6, 6.07) is 13.9. The van der Waals surface area contributed by atoms with Crippen LogP contribution in [0.15, 0.2) is 59.8 Å². The molecule has 3 aromatic rings. The van der Waals surface area contributed by atoms with Crippen molar-refractivity contribution in [3.63, 3.8) is 0 Å². The molecule has 140 valence electrons. The van der Waals surface area contributed by atoms with Gasteiger partial charge < -0.3 is 14.0 Å². The molecule has 0 spiro atoms. The Labute approximate surface area is 163 Å². The topological polar surface area (TPSA) is 46.8 Å². The molecule has 5 nitrogen and oxygen atoms in total. The Morgan fingerprint density at radius 3 is 2.59 bits per heavy atom. The summed E-state index contributed by atoms with van der Waals surface area (Å²) in [6.45, 7) is 5.31. The zero-order valence-electron chi connectivity index (χ0n) is 15.5. The zero-order valence-corrected chi connectivity index (χ0v) is 16.4. The Bertz CT molecular complexity index is 895. The average Bonchev–Trinajstić information content (AvgIpc) is 3.08. The largest absolute Gasteiger partial charge is 0.372 e. The van der Waals surface area contributed by atoms with Gasteiger partial charge in [0.1, 0.15) is 5.65 Å². The molecule has 1 aliphatic heterocycles. The minimum Gasteiger partial charge on any atom is -0.372 e. The standard InChI is InChI=1S/C21H23N3O2S/c1-15-11-24(12-16(2)26-15)21(25)17-6-8-19(9-7-17)27-14-18-13-23-10-4-3-5-20(23)22-18/h3-10,13,15-16H,11-12,14H2,1-2H3/t15-,16+. The second-order valence-electron chi connectivity index (χ2n) is 6.98. The Morgan fingerprint density at radius 1 is 1.15 bits per heavy atom. The first-order valence-corrected chi connectivity index (χ1v) is 10.2. The molecule has 1 aromatic carbocycles. The van der Waals surface area contributed by atoms with Gasteiger partial charge in [0.2, 0.25) is 0 Å². The number of amides is 1. The fourth-order valence-electron chi connectivity index (χ4n) is 3.43. The smallest absolute Gasteiger partial charge is 0.254 e. The molecular formula is C21H23N3O2S. The number of ether oxygens (including phenoxy) is 1. The van der Waals surface area contributed by atoms with Crippen LogP contribution in [0.5, 0.6) is 0 Å². The maximum absolute atomic E-state index is 12.7. The van der Waals surface area contributed by atoms with Crippen molar-refractivity contribution in [2.75, 3.05) is 13.1 Å². The van der Waals surface area contributed by atoms with Gasteiger partial charge in [0.25, 0.3) is 5.91 Å². The number of morpholine rings is 1. The maximum Gasteiger partial charge on any atom is 0.254 e. The summed E-state index contributed by atoms with van der Waals surface area (Å²) in [7, 11) is 0. The predicted molar refractivity (Wildman–Crippen MR) is 107 cm³/mol. The summed E-state index contributed by atoms with van der Waals surface area (Å²) in [6.07, 6.45) is 4.22. The first kappa shape index (κ1) is 18.1. The van der Waals surface area contributed by atoms with Crippen LogP contribution >= 0.6 is 11.8 Å². The molecule has 0 radical (unpaired) electrons. The van der Waals surface area contributed by atoms with Crippen LogP contribution < -0.4 is 0 Å². The monoisotopic (exact) mass is 381 g/mol. The molecule has 4 rings (SSSR count). The van der Waals surface area contributed by atoms with Crippen LogP contribution in [-0.4, -0.2) is 45.5 Å². The maximum atomic E-state index is 12.7. The molecule has 27 heavy (non-hydrogen) atoms. The number of fused-ring (bicyclic) bond motifs is 1. The Morgan fingerprint density at radius 2 is 1.89 bits per heavy atom. The first-order valence-electron chi connectivity index (χ1n) is 9.19. The summed E-state index contributed by atoms with van der Waals surface area (Å²) >= 11 is 1.72. The molecule has 0 unspecified atom stereocenters. The number of pyridine rings is 1. The van der Waals surface area contributed by atoms with E-state index in [0.717, 1.165) is 27.6 Å². The van der Waals surface area contributed by atoms with Crippen LogP contribution in [0.4, 0.5) is 0 Å². The third-order valence-electron chi connectivity index (χ3n) is 4.61. The summed E-state index contributed by atoms with van der Waals surface area (Å²) in [5, 5.41) is 0. The van der Waals surface area contributed by atoms with E-state index >= 15 is 0 Å². The van der Waals surface area contributed by atoms with Crippen molar-refractivity contribution >= 4 is 23.3 Å². The SMILES string of the molecule is C[C@@H]1CN(C(=O)c2ccc(SCc3cn4ccccc4n3)cc2)C[C@H](C)O1. The van der Waals surface area contributed by atoms with Crippen molar-refractivity contribution in [1.29, 1.82) is 0 Å². The number of nitrogens with zero attached hydrogens (tertiary/aromatic N) is 3. The number of benzene rings is 1. The summed E-state index contributed by atoms with van der Waals surface area (Å²) in [5.74, 6) is 0.877. The van der Waals surface area contributed by atoms with E-state index in [2.05, 4.69) is 11.2 Å². The number of imidazole rings is 1. The summed E-state index contributed by atoms with van der Waals surface area (Å²) < 4.78 is 7.74. The fourth-order valence-corrected chi connectivity index (χ4v) is 4.22. The van der Waals surface area contributed by atoms with Gasteiger partial charge in [-0.1, -0.05) is 6.07 Å². The number of rotatable bonds is 4. The lowest BCUT2D eigenvalue weighted by atomic mass is 10.1. The highest BCUT2D eigenvalue weighted by Gasteiger charge is 2.26. The van der Waals surface area contributed by atoms with Gasteiger partial charge in [0.05, 0.1) is 17.9 Å². The molecule has 1 amide bonds. The van der Waals surface area contributed by atoms with Crippen molar-refractivity contribution in [1.82, 2.24) is 14.3 Å². The summed E-state index contributed by atoms with van der Waals surface area (Å²) in [4.78, 5) is 20.4. The van der Waals surface area contributed by atoms with Crippen LogP contribution in [0, 0.1) is 0 Å². The van der Waals surface area contributed by atoms with Crippen molar-refractivity contribution < 1.29 is 9.53 Å². The lowest BCUT2D eigenvalue weighted by Crippen LogP contribution is -2.48. The Hall–Kier alpha value is -2.31. The van der Waals surface area contributed by atoms with Gasteiger partial charge in [-0.15, -0.1) is 11.8 Å². The second kappa shape index (κ2) is 7.74. The summed E-state index contributed by atoms with van der Waals surface area (Å²) in [5.41, 5.74) is 2.74. The second-order valence-corrected chi connectivity index (χ2v) is 8.03. The number of thioether (sulfide) groups is 1. The minimum absolute atomic E-state index is 0.0777. The van der Waals surface area contributed by atoms with Crippen LogP contribution in [0.25, 0.3) is 5.65 Å². The average molecular weight is 382 g/mol. The van der Waals surface area contributed by atoms with Gasteiger partial charge in [-0.25, -0.2) is 4.98 Å². The van der Waals surface area contributed by atoms with Crippen molar-refractivity contribution in [2.24, 2.45) is 0 Å². The normalized spacial score (nSPS) is 20.1. The van der Waals surface area contributed by atoms with Crippen LogP contribution in [0.3, 0.4) is 0 Å². The van der Waals surface area contributed by atoms with Crippen molar-refractivity contribution in [2.45, 2.75) is 36.7 Å². The van der Waals surface area contributed by atoms with Crippen molar-refractivity contribution in [3.05, 3.63) is 66.1 Å². The van der Waals surface area contributed by atoms with Crippen molar-refractivity contribution in [3.8, 4) is 0 Å². The van der Waals surface area contributed by atoms with E-state index in [1.807, 2.05) is 71.8 Å². The molecule has 2 aromatic heterocycles. The quantitative estimate of drug-likeness (QED) is 0.644. The van der Waals surface area contributed by atoms with Gasteiger partial charge in [-0.05, 0) is 50.2 Å². The van der Waals surface area contributed by atoms with E-state index in [1.165, 1.54) is 0 Å². The van der Waals surface area contributed by atoms with Gasteiger partial charge in [0, 0.05) is 41.7 Å². The Balaban J connectivity index is 1.39. The molecule has 0 bridgehead atoms. The Kier molecular flexibility index (Phi) is 5.18. The third kappa shape index (κ3) is 4.17. The lowest BCUT2D eigenvalue weighted by Gasteiger charge is -2.35. The van der Waals surface area contributed by atoms with Crippen LogP contribution in [0.2, 0.25) is 0 Å². The zero-order chi connectivity index (χ0) is 18.8. The minimum atomic E-state index is 0.0777. The van der Waals surface area contributed by atoms with Gasteiger partial charge in [-0.3, -0.25) is 4.79 Å². The third-order valence-corrected chi connectivity index (χ3v) is 5.65. The number of aromatic nitrogens is 2. The highest BCUT2D eigenvalue weighted by atomic mass is 32.2. The molecule has 1 saturated heterocycles. The number of hydrogen-bond acceptors (Lipinski definition) is 4. The molecule has 6 heteroatoms. The highest BCUT2D eigenvalue weighted by molar-refractivity contribution is 7.98.